The summed E-state index contributed by atoms with van der Waals surface area (Å²) in [6.07, 6.45) is 3.62. The molecule has 16 heavy (non-hydrogen) atoms. The molecule has 0 aromatic rings. The van der Waals surface area contributed by atoms with Crippen LogP contribution in [0.25, 0.3) is 0 Å². The number of hydrogen-bond acceptors (Lipinski definition) is 2. The van der Waals surface area contributed by atoms with Crippen LogP contribution in [0.3, 0.4) is 0 Å². The highest BCUT2D eigenvalue weighted by molar-refractivity contribution is 5.86. The third-order valence-corrected chi connectivity index (χ3v) is 3.15. The average Bonchev–Trinajstić information content (AvgIpc) is 2.57. The average molecular weight is 227 g/mol. The van der Waals surface area contributed by atoms with Crippen LogP contribution in [-0.4, -0.2) is 35.0 Å². The van der Waals surface area contributed by atoms with E-state index in [9.17, 15) is 9.59 Å². The van der Waals surface area contributed by atoms with Gasteiger partial charge in [0.1, 0.15) is 0 Å². The molecule has 0 spiro atoms. The van der Waals surface area contributed by atoms with E-state index in [1.165, 1.54) is 6.42 Å². The van der Waals surface area contributed by atoms with E-state index < -0.39 is 11.9 Å². The molecule has 0 bridgehead atoms. The minimum absolute atomic E-state index is 0.00394. The summed E-state index contributed by atoms with van der Waals surface area (Å²) >= 11 is 0. The fourth-order valence-electron chi connectivity index (χ4n) is 2.13. The van der Waals surface area contributed by atoms with Gasteiger partial charge in [0.25, 0.3) is 0 Å². The molecule has 0 saturated carbocycles. The Kier molecular flexibility index (Phi) is 4.77. The molecule has 1 saturated heterocycles. The van der Waals surface area contributed by atoms with Crippen LogP contribution >= 0.6 is 0 Å². The third kappa shape index (κ3) is 3.51. The smallest absolute Gasteiger partial charge is 0.308 e. The van der Waals surface area contributed by atoms with Crippen molar-refractivity contribution < 1.29 is 14.7 Å². The van der Waals surface area contributed by atoms with Gasteiger partial charge in [0.2, 0.25) is 5.91 Å². The Bertz CT molecular complexity index is 265. The Labute approximate surface area is 96.6 Å². The summed E-state index contributed by atoms with van der Waals surface area (Å²) in [5.74, 6) is -0.880. The van der Waals surface area contributed by atoms with Gasteiger partial charge in [-0.3, -0.25) is 9.59 Å². The summed E-state index contributed by atoms with van der Waals surface area (Å²) in [6.45, 7) is 5.37. The number of carboxylic acids is 1. The molecule has 4 nitrogen and oxygen atoms in total. The zero-order valence-corrected chi connectivity index (χ0v) is 10.1. The highest BCUT2D eigenvalue weighted by atomic mass is 16.4. The summed E-state index contributed by atoms with van der Waals surface area (Å²) in [5, 5.41) is 8.85. The number of carbonyl (C=O) groups is 2. The van der Waals surface area contributed by atoms with E-state index in [0.29, 0.717) is 19.0 Å². The number of rotatable bonds is 6. The maximum absolute atomic E-state index is 11.6. The van der Waals surface area contributed by atoms with Crippen LogP contribution in [0.4, 0.5) is 0 Å². The van der Waals surface area contributed by atoms with E-state index in [1.807, 2.05) is 0 Å². The Morgan fingerprint density at radius 1 is 1.62 bits per heavy atom. The molecule has 1 aliphatic heterocycles. The highest BCUT2D eigenvalue weighted by Gasteiger charge is 2.34. The summed E-state index contributed by atoms with van der Waals surface area (Å²) in [7, 11) is 0. The molecule has 2 unspecified atom stereocenters. The number of aliphatic carboxylic acids is 1. The third-order valence-electron chi connectivity index (χ3n) is 3.15. The molecule has 92 valence electrons. The van der Waals surface area contributed by atoms with Crippen molar-refractivity contribution in [1.82, 2.24) is 4.90 Å². The minimum Gasteiger partial charge on any atom is -0.481 e. The van der Waals surface area contributed by atoms with Gasteiger partial charge < -0.3 is 10.0 Å². The number of hydrogen-bond donors (Lipinski definition) is 1. The van der Waals surface area contributed by atoms with Gasteiger partial charge in [-0.15, -0.1) is 0 Å². The topological polar surface area (TPSA) is 57.6 Å². The van der Waals surface area contributed by atoms with Crippen molar-refractivity contribution in [2.75, 3.05) is 13.1 Å². The number of carboxylic acid groups (broad SMARTS) is 1. The molecule has 0 aromatic carbocycles. The lowest BCUT2D eigenvalue weighted by molar-refractivity contribution is -0.141. The summed E-state index contributed by atoms with van der Waals surface area (Å²) < 4.78 is 0. The van der Waals surface area contributed by atoms with Crippen molar-refractivity contribution >= 4 is 11.9 Å². The largest absolute Gasteiger partial charge is 0.481 e. The van der Waals surface area contributed by atoms with Gasteiger partial charge in [0, 0.05) is 19.5 Å². The molecule has 1 rings (SSSR count). The second kappa shape index (κ2) is 5.87. The van der Waals surface area contributed by atoms with Crippen LogP contribution < -0.4 is 0 Å². The van der Waals surface area contributed by atoms with E-state index in [4.69, 9.17) is 5.11 Å². The first kappa shape index (κ1) is 13.0. The first-order valence-electron chi connectivity index (χ1n) is 6.05. The molecule has 1 N–H and O–H groups in total. The Morgan fingerprint density at radius 2 is 2.31 bits per heavy atom. The van der Waals surface area contributed by atoms with Crippen LogP contribution in [-0.2, 0) is 9.59 Å². The minimum atomic E-state index is -0.850. The molecule has 4 heteroatoms. The van der Waals surface area contributed by atoms with Crippen LogP contribution in [0.5, 0.6) is 0 Å². The molecular formula is C12H21NO3. The van der Waals surface area contributed by atoms with Gasteiger partial charge in [-0.05, 0) is 12.3 Å². The van der Waals surface area contributed by atoms with E-state index >= 15 is 0 Å². The van der Waals surface area contributed by atoms with Crippen molar-refractivity contribution in [2.45, 2.75) is 39.5 Å². The zero-order chi connectivity index (χ0) is 12.1. The van der Waals surface area contributed by atoms with E-state index in [0.717, 1.165) is 12.8 Å². The number of unbranched alkanes of at least 4 members (excludes halogenated alkanes) is 1. The number of carbonyl (C=O) groups excluding carboxylic acids is 1. The van der Waals surface area contributed by atoms with Gasteiger partial charge in [-0.25, -0.2) is 0 Å². The quantitative estimate of drug-likeness (QED) is 0.752. The fraction of sp³-hybridized carbons (Fsp3) is 0.833. The monoisotopic (exact) mass is 227 g/mol. The number of likely N-dealkylation sites (tertiary alicyclic amines) is 1. The zero-order valence-electron chi connectivity index (χ0n) is 10.1. The van der Waals surface area contributed by atoms with Crippen molar-refractivity contribution in [2.24, 2.45) is 11.8 Å². The lowest BCUT2D eigenvalue weighted by Crippen LogP contribution is -2.30. The number of amides is 1. The molecule has 2 atom stereocenters. The fourth-order valence-corrected chi connectivity index (χ4v) is 2.13. The molecule has 0 aliphatic carbocycles. The van der Waals surface area contributed by atoms with Crippen LogP contribution in [0.1, 0.15) is 39.5 Å². The summed E-state index contributed by atoms with van der Waals surface area (Å²) in [6, 6.07) is 0. The van der Waals surface area contributed by atoms with Crippen molar-refractivity contribution in [3.63, 3.8) is 0 Å². The van der Waals surface area contributed by atoms with Gasteiger partial charge >= 0.3 is 5.97 Å². The van der Waals surface area contributed by atoms with Crippen LogP contribution in [0, 0.1) is 11.8 Å². The molecule has 0 radical (unpaired) electrons. The highest BCUT2D eigenvalue weighted by Crippen LogP contribution is 2.20. The second-order valence-corrected chi connectivity index (χ2v) is 4.79. The summed E-state index contributed by atoms with van der Waals surface area (Å²) in [5.41, 5.74) is 0. The van der Waals surface area contributed by atoms with Crippen molar-refractivity contribution in [1.29, 1.82) is 0 Å². The van der Waals surface area contributed by atoms with Crippen LogP contribution in [0.2, 0.25) is 0 Å². The Morgan fingerprint density at radius 3 is 2.81 bits per heavy atom. The SMILES string of the molecule is CCCCC(C)CN1CC(C(=O)O)CC1=O. The van der Waals surface area contributed by atoms with Gasteiger partial charge in [0.15, 0.2) is 0 Å². The predicted molar refractivity (Wildman–Crippen MR) is 61.0 cm³/mol. The van der Waals surface area contributed by atoms with Gasteiger partial charge in [-0.2, -0.15) is 0 Å². The lowest BCUT2D eigenvalue weighted by atomic mass is 10.0. The van der Waals surface area contributed by atoms with E-state index in [1.54, 1.807) is 4.90 Å². The maximum atomic E-state index is 11.6. The predicted octanol–water partition coefficient (Wildman–Crippen LogP) is 1.75. The van der Waals surface area contributed by atoms with Crippen molar-refractivity contribution in [3.05, 3.63) is 0 Å². The molecule has 1 heterocycles. The van der Waals surface area contributed by atoms with Gasteiger partial charge in [-0.1, -0.05) is 26.7 Å². The van der Waals surface area contributed by atoms with Crippen LogP contribution in [0.15, 0.2) is 0 Å². The second-order valence-electron chi connectivity index (χ2n) is 4.79. The van der Waals surface area contributed by atoms with Gasteiger partial charge in [0.05, 0.1) is 5.92 Å². The first-order valence-corrected chi connectivity index (χ1v) is 6.05. The maximum Gasteiger partial charge on any atom is 0.308 e. The molecule has 1 fully saturated rings. The normalized spacial score (nSPS) is 22.5. The number of nitrogens with zero attached hydrogens (tertiary/aromatic N) is 1. The van der Waals surface area contributed by atoms with E-state index in [2.05, 4.69) is 13.8 Å². The molecule has 0 aromatic heterocycles. The summed E-state index contributed by atoms with van der Waals surface area (Å²) in [4.78, 5) is 24.0. The first-order chi connectivity index (χ1) is 7.54. The Hall–Kier alpha value is -1.06. The molecular weight excluding hydrogens is 206 g/mol. The van der Waals surface area contributed by atoms with E-state index in [-0.39, 0.29) is 12.3 Å². The Balaban J connectivity index is 2.37. The standard InChI is InChI=1S/C12H21NO3/c1-3-4-5-9(2)7-13-8-10(12(15)16)6-11(13)14/h9-10H,3-8H2,1-2H3,(H,15,16). The van der Waals surface area contributed by atoms with Crippen molar-refractivity contribution in [3.8, 4) is 0 Å². The lowest BCUT2D eigenvalue weighted by Gasteiger charge is -2.20. The molecule has 1 amide bonds. The molecule has 1 aliphatic rings.